The van der Waals surface area contributed by atoms with Crippen molar-refractivity contribution >= 4 is 16.6 Å². The number of rotatable bonds is 2. The maximum absolute atomic E-state index is 11.6. The topological polar surface area (TPSA) is 68.6 Å². The first-order valence-electron chi connectivity index (χ1n) is 5.78. The van der Waals surface area contributed by atoms with E-state index in [9.17, 15) is 4.79 Å². The first-order valence-corrected chi connectivity index (χ1v) is 5.78. The molecule has 0 fully saturated rings. The summed E-state index contributed by atoms with van der Waals surface area (Å²) in [6.45, 7) is 1.84. The van der Waals surface area contributed by atoms with E-state index in [-0.39, 0.29) is 5.56 Å². The van der Waals surface area contributed by atoms with E-state index in [1.807, 2.05) is 13.0 Å². The van der Waals surface area contributed by atoms with Gasteiger partial charge >= 0.3 is 0 Å². The van der Waals surface area contributed by atoms with Gasteiger partial charge in [-0.3, -0.25) is 4.79 Å². The van der Waals surface area contributed by atoms with Gasteiger partial charge in [0.2, 0.25) is 0 Å². The van der Waals surface area contributed by atoms with Crippen molar-refractivity contribution in [3.63, 3.8) is 0 Å². The minimum atomic E-state index is -0.151. The van der Waals surface area contributed by atoms with Crippen LogP contribution in [0.4, 0.5) is 0 Å². The van der Waals surface area contributed by atoms with Gasteiger partial charge in [0.05, 0.1) is 19.7 Å². The lowest BCUT2D eigenvalue weighted by atomic mass is 10.2. The maximum atomic E-state index is 11.6. The molecular formula is C13H13N3O3. The molecule has 2 aromatic heterocycles. The Bertz CT molecular complexity index is 832. The van der Waals surface area contributed by atoms with Gasteiger partial charge in [-0.05, 0) is 13.0 Å². The number of nitrogens with zero attached hydrogens (tertiary/aromatic N) is 2. The zero-order valence-electron chi connectivity index (χ0n) is 10.9. The molecule has 98 valence electrons. The van der Waals surface area contributed by atoms with Crippen molar-refractivity contribution in [1.29, 1.82) is 0 Å². The third-order valence-electron chi connectivity index (χ3n) is 3.09. The molecule has 0 aliphatic carbocycles. The first-order chi connectivity index (χ1) is 9.13. The Morgan fingerprint density at radius 1 is 1.16 bits per heavy atom. The Morgan fingerprint density at radius 2 is 1.84 bits per heavy atom. The molecule has 2 heterocycles. The van der Waals surface area contributed by atoms with Crippen LogP contribution in [0.5, 0.6) is 11.5 Å². The van der Waals surface area contributed by atoms with E-state index in [0.717, 1.165) is 16.6 Å². The summed E-state index contributed by atoms with van der Waals surface area (Å²) in [6.07, 6.45) is 0. The Hall–Kier alpha value is -2.50. The van der Waals surface area contributed by atoms with Crippen molar-refractivity contribution in [2.75, 3.05) is 14.2 Å². The average Bonchev–Trinajstić information content (AvgIpc) is 2.75. The van der Waals surface area contributed by atoms with Crippen molar-refractivity contribution < 1.29 is 9.47 Å². The lowest BCUT2D eigenvalue weighted by Gasteiger charge is -2.06. The number of hydrogen-bond donors (Lipinski definition) is 1. The summed E-state index contributed by atoms with van der Waals surface area (Å²) in [6, 6.07) is 5.11. The minimum Gasteiger partial charge on any atom is -0.493 e. The van der Waals surface area contributed by atoms with E-state index >= 15 is 0 Å². The summed E-state index contributed by atoms with van der Waals surface area (Å²) in [5.41, 5.74) is 2.01. The predicted molar refractivity (Wildman–Crippen MR) is 71.2 cm³/mol. The third-order valence-corrected chi connectivity index (χ3v) is 3.09. The summed E-state index contributed by atoms with van der Waals surface area (Å²) in [5.74, 6) is 1.21. The predicted octanol–water partition coefficient (Wildman–Crippen LogP) is 1.50. The zero-order chi connectivity index (χ0) is 13.6. The molecule has 0 spiro atoms. The number of aromatic amines is 1. The van der Waals surface area contributed by atoms with Gasteiger partial charge < -0.3 is 14.5 Å². The number of nitrogens with one attached hydrogen (secondary N) is 1. The van der Waals surface area contributed by atoms with Gasteiger partial charge in [0.25, 0.3) is 5.56 Å². The molecule has 0 aliphatic heterocycles. The Balaban J connectivity index is 2.48. The van der Waals surface area contributed by atoms with E-state index in [2.05, 4.69) is 10.1 Å². The molecular weight excluding hydrogens is 246 g/mol. The summed E-state index contributed by atoms with van der Waals surface area (Å²) >= 11 is 0. The number of H-pyrrole nitrogens is 1. The highest BCUT2D eigenvalue weighted by molar-refractivity contribution is 5.94. The first kappa shape index (κ1) is 11.6. The smallest absolute Gasteiger partial charge is 0.251 e. The zero-order valence-corrected chi connectivity index (χ0v) is 10.9. The quantitative estimate of drug-likeness (QED) is 0.757. The number of ether oxygens (including phenoxy) is 2. The van der Waals surface area contributed by atoms with Gasteiger partial charge in [-0.15, -0.1) is 0 Å². The second-order valence-corrected chi connectivity index (χ2v) is 4.26. The van der Waals surface area contributed by atoms with E-state index in [0.29, 0.717) is 17.1 Å². The number of aromatic nitrogens is 3. The van der Waals surface area contributed by atoms with Crippen molar-refractivity contribution in [3.8, 4) is 11.5 Å². The molecule has 1 aromatic carbocycles. The van der Waals surface area contributed by atoms with Gasteiger partial charge in [0, 0.05) is 23.2 Å². The van der Waals surface area contributed by atoms with Crippen molar-refractivity contribution in [2.45, 2.75) is 6.92 Å². The highest BCUT2D eigenvalue weighted by Gasteiger charge is 2.13. The van der Waals surface area contributed by atoms with Gasteiger partial charge in [0.15, 0.2) is 11.5 Å². The van der Waals surface area contributed by atoms with Crippen LogP contribution in [-0.2, 0) is 0 Å². The molecule has 0 atom stereocenters. The second kappa shape index (κ2) is 4.01. The molecule has 0 saturated carbocycles. The van der Waals surface area contributed by atoms with Crippen LogP contribution in [0.15, 0.2) is 23.0 Å². The van der Waals surface area contributed by atoms with E-state index in [1.165, 1.54) is 6.07 Å². The fourth-order valence-corrected chi connectivity index (χ4v) is 2.19. The molecule has 3 aromatic rings. The third kappa shape index (κ3) is 1.64. The number of methoxy groups -OCH3 is 2. The maximum Gasteiger partial charge on any atom is 0.251 e. The van der Waals surface area contributed by atoms with Crippen LogP contribution in [0, 0.1) is 6.92 Å². The highest BCUT2D eigenvalue weighted by Crippen LogP contribution is 2.33. The molecule has 19 heavy (non-hydrogen) atoms. The molecule has 3 rings (SSSR count). The second-order valence-electron chi connectivity index (χ2n) is 4.26. The van der Waals surface area contributed by atoms with Crippen LogP contribution in [0.2, 0.25) is 0 Å². The Morgan fingerprint density at radius 3 is 2.53 bits per heavy atom. The SMILES string of the molecule is COc1cc2nn3c(C)cc(=O)[nH]c3c2cc1OC. The van der Waals surface area contributed by atoms with Gasteiger partial charge in [-0.1, -0.05) is 0 Å². The highest BCUT2D eigenvalue weighted by atomic mass is 16.5. The molecule has 6 heteroatoms. The largest absolute Gasteiger partial charge is 0.493 e. The summed E-state index contributed by atoms with van der Waals surface area (Å²) in [5, 5.41) is 5.27. The van der Waals surface area contributed by atoms with Crippen LogP contribution in [0.3, 0.4) is 0 Å². The molecule has 1 N–H and O–H groups in total. The van der Waals surface area contributed by atoms with Crippen molar-refractivity contribution in [1.82, 2.24) is 14.6 Å². The molecule has 0 unspecified atom stereocenters. The summed E-state index contributed by atoms with van der Waals surface area (Å²) in [4.78, 5) is 14.4. The van der Waals surface area contributed by atoms with Crippen LogP contribution in [-0.4, -0.2) is 28.8 Å². The van der Waals surface area contributed by atoms with Gasteiger partial charge in [-0.2, -0.15) is 5.10 Å². The minimum absolute atomic E-state index is 0.151. The van der Waals surface area contributed by atoms with Crippen LogP contribution < -0.4 is 15.0 Å². The Labute approximate surface area is 108 Å². The molecule has 0 saturated heterocycles. The summed E-state index contributed by atoms with van der Waals surface area (Å²) < 4.78 is 12.2. The lowest BCUT2D eigenvalue weighted by Crippen LogP contribution is -2.09. The average molecular weight is 259 g/mol. The van der Waals surface area contributed by atoms with Gasteiger partial charge in [0.1, 0.15) is 5.65 Å². The van der Waals surface area contributed by atoms with E-state index in [1.54, 1.807) is 24.8 Å². The van der Waals surface area contributed by atoms with E-state index < -0.39 is 0 Å². The monoisotopic (exact) mass is 259 g/mol. The number of fused-ring (bicyclic) bond motifs is 3. The molecule has 0 amide bonds. The van der Waals surface area contributed by atoms with Crippen LogP contribution >= 0.6 is 0 Å². The number of aryl methyl sites for hydroxylation is 1. The molecule has 0 bridgehead atoms. The normalized spacial score (nSPS) is 11.1. The number of hydrogen-bond acceptors (Lipinski definition) is 4. The molecule has 0 radical (unpaired) electrons. The van der Waals surface area contributed by atoms with Crippen LogP contribution in [0.1, 0.15) is 5.69 Å². The van der Waals surface area contributed by atoms with Crippen LogP contribution in [0.25, 0.3) is 16.6 Å². The lowest BCUT2D eigenvalue weighted by molar-refractivity contribution is 0.356. The van der Waals surface area contributed by atoms with Crippen molar-refractivity contribution in [2.24, 2.45) is 0 Å². The number of benzene rings is 1. The molecule has 0 aliphatic rings. The fourth-order valence-electron chi connectivity index (χ4n) is 2.19. The van der Waals surface area contributed by atoms with Gasteiger partial charge in [-0.25, -0.2) is 4.52 Å². The standard InChI is InChI=1S/C13H13N3O3/c1-7-4-12(17)14-13-8-5-10(18-2)11(19-3)6-9(8)15-16(7)13/h4-6H,1-3H3,(H,14,17). The summed E-state index contributed by atoms with van der Waals surface area (Å²) in [7, 11) is 3.15. The van der Waals surface area contributed by atoms with E-state index in [4.69, 9.17) is 9.47 Å². The Kier molecular flexibility index (Phi) is 2.45. The fraction of sp³-hybridized carbons (Fsp3) is 0.231. The molecule has 6 nitrogen and oxygen atoms in total. The van der Waals surface area contributed by atoms with Crippen molar-refractivity contribution in [3.05, 3.63) is 34.2 Å².